The SMILES string of the molecule is O=C(Nc1cccc(C#CCO)c1)c1c(O)cccc1O. The number of rotatable bonds is 2. The summed E-state index contributed by atoms with van der Waals surface area (Å²) in [7, 11) is 0. The zero-order valence-electron chi connectivity index (χ0n) is 11.0. The van der Waals surface area contributed by atoms with Gasteiger partial charge in [0, 0.05) is 11.3 Å². The Balaban J connectivity index is 2.24. The lowest BCUT2D eigenvalue weighted by atomic mass is 10.1. The van der Waals surface area contributed by atoms with Crippen LogP contribution in [0.1, 0.15) is 15.9 Å². The van der Waals surface area contributed by atoms with Crippen LogP contribution in [-0.2, 0) is 0 Å². The summed E-state index contributed by atoms with van der Waals surface area (Å²) < 4.78 is 0. The number of carbonyl (C=O) groups excluding carboxylic acids is 1. The van der Waals surface area contributed by atoms with Crippen molar-refractivity contribution in [1.29, 1.82) is 0 Å². The van der Waals surface area contributed by atoms with Crippen LogP contribution in [0.25, 0.3) is 0 Å². The Labute approximate surface area is 121 Å². The summed E-state index contributed by atoms with van der Waals surface area (Å²) in [6.07, 6.45) is 0. The molecule has 0 heterocycles. The van der Waals surface area contributed by atoms with Crippen molar-refractivity contribution in [3.05, 3.63) is 53.6 Å². The molecule has 0 fully saturated rings. The van der Waals surface area contributed by atoms with Gasteiger partial charge in [-0.25, -0.2) is 0 Å². The number of phenols is 2. The molecule has 2 rings (SSSR count). The van der Waals surface area contributed by atoms with E-state index in [-0.39, 0.29) is 23.7 Å². The summed E-state index contributed by atoms with van der Waals surface area (Å²) in [5.74, 6) is 4.00. The summed E-state index contributed by atoms with van der Waals surface area (Å²) >= 11 is 0. The molecular weight excluding hydrogens is 270 g/mol. The summed E-state index contributed by atoms with van der Waals surface area (Å²) in [5.41, 5.74) is 0.903. The number of anilines is 1. The van der Waals surface area contributed by atoms with Crippen LogP contribution in [-0.4, -0.2) is 27.8 Å². The van der Waals surface area contributed by atoms with Gasteiger partial charge in [0.05, 0.1) is 0 Å². The predicted molar refractivity (Wildman–Crippen MR) is 78.1 cm³/mol. The second kappa shape index (κ2) is 6.46. The molecule has 0 saturated heterocycles. The van der Waals surface area contributed by atoms with Gasteiger partial charge in [-0.2, -0.15) is 0 Å². The van der Waals surface area contributed by atoms with Crippen molar-refractivity contribution in [2.75, 3.05) is 11.9 Å². The molecule has 4 N–H and O–H groups in total. The van der Waals surface area contributed by atoms with Crippen LogP contribution < -0.4 is 5.32 Å². The van der Waals surface area contributed by atoms with Gasteiger partial charge in [-0.1, -0.05) is 24.0 Å². The lowest BCUT2D eigenvalue weighted by Gasteiger charge is -2.08. The Morgan fingerprint density at radius 2 is 1.76 bits per heavy atom. The third kappa shape index (κ3) is 3.53. The number of amides is 1. The van der Waals surface area contributed by atoms with E-state index in [1.807, 2.05) is 0 Å². The quantitative estimate of drug-likeness (QED) is 0.631. The molecule has 0 aliphatic carbocycles. The Morgan fingerprint density at radius 3 is 2.43 bits per heavy atom. The van der Waals surface area contributed by atoms with E-state index in [0.717, 1.165) is 0 Å². The molecule has 1 amide bonds. The van der Waals surface area contributed by atoms with Crippen LogP contribution in [0, 0.1) is 11.8 Å². The van der Waals surface area contributed by atoms with Gasteiger partial charge in [-0.15, -0.1) is 0 Å². The van der Waals surface area contributed by atoms with E-state index in [9.17, 15) is 15.0 Å². The molecule has 0 atom stereocenters. The number of benzene rings is 2. The van der Waals surface area contributed by atoms with Crippen molar-refractivity contribution in [2.24, 2.45) is 0 Å². The number of aliphatic hydroxyl groups excluding tert-OH is 1. The van der Waals surface area contributed by atoms with Crippen molar-refractivity contribution >= 4 is 11.6 Å². The molecule has 106 valence electrons. The second-order valence-electron chi connectivity index (χ2n) is 4.17. The van der Waals surface area contributed by atoms with E-state index in [2.05, 4.69) is 17.2 Å². The molecule has 0 radical (unpaired) electrons. The number of aliphatic hydroxyl groups is 1. The summed E-state index contributed by atoms with van der Waals surface area (Å²) in [6, 6.07) is 10.8. The largest absolute Gasteiger partial charge is 0.507 e. The molecule has 0 aromatic heterocycles. The van der Waals surface area contributed by atoms with Gasteiger partial charge in [0.1, 0.15) is 23.7 Å². The first-order valence-electron chi connectivity index (χ1n) is 6.14. The van der Waals surface area contributed by atoms with Crippen LogP contribution in [0.4, 0.5) is 5.69 Å². The fourth-order valence-electron chi connectivity index (χ4n) is 1.77. The number of carbonyl (C=O) groups is 1. The maximum atomic E-state index is 12.1. The Kier molecular flexibility index (Phi) is 4.44. The minimum absolute atomic E-state index is 0.190. The zero-order chi connectivity index (χ0) is 15.2. The van der Waals surface area contributed by atoms with Crippen LogP contribution in [0.2, 0.25) is 0 Å². The molecular formula is C16H13NO4. The zero-order valence-corrected chi connectivity index (χ0v) is 11.0. The summed E-state index contributed by atoms with van der Waals surface area (Å²) in [4.78, 5) is 12.1. The number of phenolic OH excluding ortho intramolecular Hbond substituents is 2. The lowest BCUT2D eigenvalue weighted by molar-refractivity contribution is 0.102. The molecule has 5 nitrogen and oxygen atoms in total. The molecule has 0 aliphatic heterocycles. The van der Waals surface area contributed by atoms with Crippen LogP contribution in [0.5, 0.6) is 11.5 Å². The maximum Gasteiger partial charge on any atom is 0.263 e. The van der Waals surface area contributed by atoms with Crippen molar-refractivity contribution in [1.82, 2.24) is 0 Å². The van der Waals surface area contributed by atoms with Crippen molar-refractivity contribution in [3.8, 4) is 23.3 Å². The molecule has 0 aliphatic rings. The lowest BCUT2D eigenvalue weighted by Crippen LogP contribution is -2.12. The average molecular weight is 283 g/mol. The third-order valence-electron chi connectivity index (χ3n) is 2.68. The highest BCUT2D eigenvalue weighted by Gasteiger charge is 2.16. The van der Waals surface area contributed by atoms with E-state index in [1.165, 1.54) is 18.2 Å². The highest BCUT2D eigenvalue weighted by molar-refractivity contribution is 6.08. The van der Waals surface area contributed by atoms with E-state index in [4.69, 9.17) is 5.11 Å². The van der Waals surface area contributed by atoms with Crippen molar-refractivity contribution in [2.45, 2.75) is 0 Å². The van der Waals surface area contributed by atoms with E-state index >= 15 is 0 Å². The average Bonchev–Trinajstić information content (AvgIpc) is 2.45. The first kappa shape index (κ1) is 14.4. The van der Waals surface area contributed by atoms with Crippen LogP contribution in [0.3, 0.4) is 0 Å². The fraction of sp³-hybridized carbons (Fsp3) is 0.0625. The van der Waals surface area contributed by atoms with E-state index in [1.54, 1.807) is 24.3 Å². The first-order chi connectivity index (χ1) is 10.1. The monoisotopic (exact) mass is 283 g/mol. The summed E-state index contributed by atoms with van der Waals surface area (Å²) in [6.45, 7) is -0.248. The van der Waals surface area contributed by atoms with Gasteiger partial charge in [0.15, 0.2) is 0 Å². The van der Waals surface area contributed by atoms with Gasteiger partial charge in [0.25, 0.3) is 5.91 Å². The topological polar surface area (TPSA) is 89.8 Å². The number of aromatic hydroxyl groups is 2. The maximum absolute atomic E-state index is 12.1. The highest BCUT2D eigenvalue weighted by Crippen LogP contribution is 2.27. The van der Waals surface area contributed by atoms with Gasteiger partial charge >= 0.3 is 0 Å². The molecule has 2 aromatic carbocycles. The predicted octanol–water partition coefficient (Wildman–Crippen LogP) is 1.69. The number of nitrogens with one attached hydrogen (secondary N) is 1. The highest BCUT2D eigenvalue weighted by atomic mass is 16.3. The Bertz CT molecular complexity index is 708. The number of hydrogen-bond donors (Lipinski definition) is 4. The van der Waals surface area contributed by atoms with E-state index < -0.39 is 5.91 Å². The molecule has 21 heavy (non-hydrogen) atoms. The van der Waals surface area contributed by atoms with Gasteiger partial charge in [-0.05, 0) is 30.3 Å². The van der Waals surface area contributed by atoms with E-state index in [0.29, 0.717) is 11.3 Å². The molecule has 0 unspecified atom stereocenters. The standard InChI is InChI=1S/C16H13NO4/c18-9-3-5-11-4-1-6-12(10-11)17-16(21)15-13(19)7-2-8-14(15)20/h1-2,4,6-8,10,18-20H,9H2,(H,17,21). The first-order valence-corrected chi connectivity index (χ1v) is 6.14. The smallest absolute Gasteiger partial charge is 0.263 e. The summed E-state index contributed by atoms with van der Waals surface area (Å²) in [5, 5.41) is 30.5. The molecule has 0 saturated carbocycles. The Morgan fingerprint density at radius 1 is 1.10 bits per heavy atom. The van der Waals surface area contributed by atoms with Gasteiger partial charge < -0.3 is 20.6 Å². The second-order valence-corrected chi connectivity index (χ2v) is 4.17. The molecule has 0 bridgehead atoms. The van der Waals surface area contributed by atoms with Crippen molar-refractivity contribution < 1.29 is 20.1 Å². The number of hydrogen-bond acceptors (Lipinski definition) is 4. The van der Waals surface area contributed by atoms with Crippen LogP contribution in [0.15, 0.2) is 42.5 Å². The van der Waals surface area contributed by atoms with Gasteiger partial charge in [-0.3, -0.25) is 4.79 Å². The Hall–Kier alpha value is -2.97. The minimum atomic E-state index is -0.627. The molecule has 5 heteroatoms. The van der Waals surface area contributed by atoms with Crippen molar-refractivity contribution in [3.63, 3.8) is 0 Å². The molecule has 0 spiro atoms. The molecule has 2 aromatic rings. The van der Waals surface area contributed by atoms with Crippen LogP contribution >= 0.6 is 0 Å². The third-order valence-corrected chi connectivity index (χ3v) is 2.68. The normalized spacial score (nSPS) is 9.57. The fourth-order valence-corrected chi connectivity index (χ4v) is 1.77. The van der Waals surface area contributed by atoms with Gasteiger partial charge in [0.2, 0.25) is 0 Å². The minimum Gasteiger partial charge on any atom is -0.507 e.